The van der Waals surface area contributed by atoms with Crippen molar-refractivity contribution in [3.63, 3.8) is 0 Å². The van der Waals surface area contributed by atoms with E-state index in [-0.39, 0.29) is 17.5 Å². The summed E-state index contributed by atoms with van der Waals surface area (Å²) in [6.07, 6.45) is 2.60. The van der Waals surface area contributed by atoms with E-state index in [2.05, 4.69) is 5.32 Å². The summed E-state index contributed by atoms with van der Waals surface area (Å²) < 4.78 is 13.0. The highest BCUT2D eigenvalue weighted by atomic mass is 19.1. The lowest BCUT2D eigenvalue weighted by Gasteiger charge is -2.06. The first kappa shape index (κ1) is 16.0. The van der Waals surface area contributed by atoms with Crippen molar-refractivity contribution >= 4 is 5.91 Å². The van der Waals surface area contributed by atoms with Gasteiger partial charge in [-0.05, 0) is 54.7 Å². The molecule has 0 aliphatic carbocycles. The van der Waals surface area contributed by atoms with Crippen LogP contribution in [-0.4, -0.2) is 17.6 Å². The Morgan fingerprint density at radius 1 is 1.05 bits per heavy atom. The third kappa shape index (κ3) is 5.56. The Kier molecular flexibility index (Phi) is 5.95. The summed E-state index contributed by atoms with van der Waals surface area (Å²) in [7, 11) is 0. The van der Waals surface area contributed by atoms with Crippen LogP contribution in [0.4, 0.5) is 4.39 Å². The van der Waals surface area contributed by atoms with Crippen LogP contribution in [0.2, 0.25) is 0 Å². The average Bonchev–Trinajstić information content (AvgIpc) is 2.51. The number of nitrogens with one attached hydrogen (secondary N) is 1. The second-order valence-electron chi connectivity index (χ2n) is 5.25. The zero-order valence-corrected chi connectivity index (χ0v) is 12.4. The Labute approximate surface area is 129 Å². The van der Waals surface area contributed by atoms with Crippen LogP contribution < -0.4 is 5.32 Å². The molecule has 0 radical (unpaired) electrons. The zero-order chi connectivity index (χ0) is 15.8. The monoisotopic (exact) mass is 301 g/mol. The molecule has 0 bridgehead atoms. The van der Waals surface area contributed by atoms with Gasteiger partial charge >= 0.3 is 0 Å². The van der Waals surface area contributed by atoms with Gasteiger partial charge in [0.2, 0.25) is 5.91 Å². The minimum atomic E-state index is -0.271. The van der Waals surface area contributed by atoms with E-state index in [4.69, 9.17) is 0 Å². The number of carbonyl (C=O) groups is 1. The Balaban J connectivity index is 1.62. The average molecular weight is 301 g/mol. The van der Waals surface area contributed by atoms with Gasteiger partial charge in [0.25, 0.3) is 0 Å². The van der Waals surface area contributed by atoms with Crippen molar-refractivity contribution in [3.05, 3.63) is 65.5 Å². The molecule has 0 aromatic heterocycles. The standard InChI is InChI=1S/C18H20FNO2/c19-16-5-1-3-15(13-16)8-11-18(22)20-12-2-4-14-6-9-17(21)10-7-14/h1,3,5-7,9-10,13,21H,2,4,8,11-12H2,(H,20,22). The lowest BCUT2D eigenvalue weighted by Crippen LogP contribution is -2.24. The van der Waals surface area contributed by atoms with Gasteiger partial charge in [-0.3, -0.25) is 4.79 Å². The summed E-state index contributed by atoms with van der Waals surface area (Å²) in [6.45, 7) is 0.614. The van der Waals surface area contributed by atoms with E-state index in [9.17, 15) is 14.3 Å². The van der Waals surface area contributed by atoms with E-state index in [0.29, 0.717) is 19.4 Å². The van der Waals surface area contributed by atoms with Crippen molar-refractivity contribution in [2.24, 2.45) is 0 Å². The first-order chi connectivity index (χ1) is 10.6. The van der Waals surface area contributed by atoms with E-state index in [1.165, 1.54) is 12.1 Å². The predicted molar refractivity (Wildman–Crippen MR) is 84.2 cm³/mol. The van der Waals surface area contributed by atoms with Crippen molar-refractivity contribution in [2.45, 2.75) is 25.7 Å². The first-order valence-corrected chi connectivity index (χ1v) is 7.42. The van der Waals surface area contributed by atoms with Gasteiger partial charge < -0.3 is 10.4 Å². The number of aryl methyl sites for hydroxylation is 2. The molecule has 0 unspecified atom stereocenters. The molecule has 4 heteroatoms. The molecule has 116 valence electrons. The first-order valence-electron chi connectivity index (χ1n) is 7.42. The van der Waals surface area contributed by atoms with Gasteiger partial charge in [-0.2, -0.15) is 0 Å². The molecule has 22 heavy (non-hydrogen) atoms. The molecule has 0 atom stereocenters. The topological polar surface area (TPSA) is 49.3 Å². The largest absolute Gasteiger partial charge is 0.508 e. The summed E-state index contributed by atoms with van der Waals surface area (Å²) in [5.74, 6) is -0.0313. The smallest absolute Gasteiger partial charge is 0.220 e. The number of hydrogen-bond acceptors (Lipinski definition) is 2. The fourth-order valence-electron chi connectivity index (χ4n) is 2.22. The highest BCUT2D eigenvalue weighted by molar-refractivity contribution is 5.76. The van der Waals surface area contributed by atoms with Gasteiger partial charge in [0.05, 0.1) is 0 Å². The van der Waals surface area contributed by atoms with Crippen molar-refractivity contribution in [1.29, 1.82) is 0 Å². The third-order valence-corrected chi connectivity index (χ3v) is 3.43. The van der Waals surface area contributed by atoms with Gasteiger partial charge in [0.15, 0.2) is 0 Å². The molecule has 2 aromatic carbocycles. The second-order valence-corrected chi connectivity index (χ2v) is 5.25. The number of phenolic OH excluding ortho intramolecular Hbond substituents is 1. The fourth-order valence-corrected chi connectivity index (χ4v) is 2.22. The van der Waals surface area contributed by atoms with E-state index < -0.39 is 0 Å². The Hall–Kier alpha value is -2.36. The minimum absolute atomic E-state index is 0.0185. The molecular formula is C18H20FNO2. The van der Waals surface area contributed by atoms with Crippen molar-refractivity contribution < 1.29 is 14.3 Å². The fraction of sp³-hybridized carbons (Fsp3) is 0.278. The molecular weight excluding hydrogens is 281 g/mol. The number of hydrogen-bond donors (Lipinski definition) is 2. The molecule has 0 saturated heterocycles. The molecule has 0 heterocycles. The van der Waals surface area contributed by atoms with Crippen molar-refractivity contribution in [2.75, 3.05) is 6.54 Å². The summed E-state index contributed by atoms with van der Waals surface area (Å²) in [5.41, 5.74) is 1.96. The summed E-state index contributed by atoms with van der Waals surface area (Å²) in [5, 5.41) is 12.1. The van der Waals surface area contributed by atoms with Crippen LogP contribution in [-0.2, 0) is 17.6 Å². The van der Waals surface area contributed by atoms with Crippen LogP contribution in [0.5, 0.6) is 5.75 Å². The van der Waals surface area contributed by atoms with Crippen molar-refractivity contribution in [1.82, 2.24) is 5.32 Å². The summed E-state index contributed by atoms with van der Waals surface area (Å²) in [6, 6.07) is 13.4. The zero-order valence-electron chi connectivity index (χ0n) is 12.4. The maximum absolute atomic E-state index is 13.0. The summed E-state index contributed by atoms with van der Waals surface area (Å²) in [4.78, 5) is 11.7. The number of rotatable bonds is 7. The molecule has 0 aliphatic heterocycles. The van der Waals surface area contributed by atoms with Crippen LogP contribution in [0.3, 0.4) is 0 Å². The van der Waals surface area contributed by atoms with Gasteiger partial charge in [-0.1, -0.05) is 24.3 Å². The van der Waals surface area contributed by atoms with Crippen LogP contribution in [0.1, 0.15) is 24.0 Å². The lowest BCUT2D eigenvalue weighted by atomic mass is 10.1. The number of halogens is 1. The van der Waals surface area contributed by atoms with Crippen LogP contribution in [0, 0.1) is 5.82 Å². The maximum Gasteiger partial charge on any atom is 0.220 e. The number of phenols is 1. The van der Waals surface area contributed by atoms with Crippen LogP contribution in [0.25, 0.3) is 0 Å². The highest BCUT2D eigenvalue weighted by Crippen LogP contribution is 2.11. The van der Waals surface area contributed by atoms with Crippen LogP contribution >= 0.6 is 0 Å². The molecule has 3 nitrogen and oxygen atoms in total. The Morgan fingerprint density at radius 3 is 2.55 bits per heavy atom. The molecule has 2 N–H and O–H groups in total. The van der Waals surface area contributed by atoms with E-state index >= 15 is 0 Å². The van der Waals surface area contributed by atoms with Crippen molar-refractivity contribution in [3.8, 4) is 5.75 Å². The Bertz CT molecular complexity index is 611. The number of benzene rings is 2. The highest BCUT2D eigenvalue weighted by Gasteiger charge is 2.03. The predicted octanol–water partition coefficient (Wildman–Crippen LogP) is 3.21. The molecule has 2 rings (SSSR count). The normalized spacial score (nSPS) is 10.4. The number of amides is 1. The van der Waals surface area contributed by atoms with E-state index in [1.54, 1.807) is 18.2 Å². The molecule has 1 amide bonds. The van der Waals surface area contributed by atoms with Gasteiger partial charge in [0.1, 0.15) is 11.6 Å². The Morgan fingerprint density at radius 2 is 1.82 bits per heavy atom. The summed E-state index contributed by atoms with van der Waals surface area (Å²) >= 11 is 0. The van der Waals surface area contributed by atoms with Gasteiger partial charge in [0, 0.05) is 13.0 Å². The quantitative estimate of drug-likeness (QED) is 0.772. The molecule has 0 spiro atoms. The third-order valence-electron chi connectivity index (χ3n) is 3.43. The molecule has 0 aliphatic rings. The molecule has 0 fully saturated rings. The van der Waals surface area contributed by atoms with Gasteiger partial charge in [-0.15, -0.1) is 0 Å². The number of carbonyl (C=O) groups excluding carboxylic acids is 1. The van der Waals surface area contributed by atoms with E-state index in [0.717, 1.165) is 24.0 Å². The SMILES string of the molecule is O=C(CCc1cccc(F)c1)NCCCc1ccc(O)cc1. The molecule has 2 aromatic rings. The van der Waals surface area contributed by atoms with Crippen LogP contribution in [0.15, 0.2) is 48.5 Å². The second kappa shape index (κ2) is 8.17. The van der Waals surface area contributed by atoms with E-state index in [1.807, 2.05) is 18.2 Å². The lowest BCUT2D eigenvalue weighted by molar-refractivity contribution is -0.121. The maximum atomic E-state index is 13.0. The minimum Gasteiger partial charge on any atom is -0.508 e. The molecule has 0 saturated carbocycles. The number of aromatic hydroxyl groups is 1. The van der Waals surface area contributed by atoms with Gasteiger partial charge in [-0.25, -0.2) is 4.39 Å².